The van der Waals surface area contributed by atoms with Crippen LogP contribution in [0, 0.1) is 0 Å². The van der Waals surface area contributed by atoms with E-state index in [0.717, 1.165) is 52.0 Å². The van der Waals surface area contributed by atoms with Crippen LogP contribution in [0.1, 0.15) is 24.0 Å². The molecule has 0 aromatic heterocycles. The topological polar surface area (TPSA) is 24.5 Å². The molecule has 1 N–H and O–H groups in total. The number of morpholine rings is 1. The van der Waals surface area contributed by atoms with Crippen molar-refractivity contribution < 1.29 is 4.74 Å². The second kappa shape index (κ2) is 8.22. The summed E-state index contributed by atoms with van der Waals surface area (Å²) in [6, 6.07) is 19.7. The first-order valence-corrected chi connectivity index (χ1v) is 9.06. The lowest BCUT2D eigenvalue weighted by Gasteiger charge is -2.44. The summed E-state index contributed by atoms with van der Waals surface area (Å²) >= 11 is 0. The van der Waals surface area contributed by atoms with E-state index in [9.17, 15) is 0 Å². The highest BCUT2D eigenvalue weighted by molar-refractivity contribution is 5.85. The van der Waals surface area contributed by atoms with E-state index in [1.54, 1.807) is 0 Å². The summed E-state index contributed by atoms with van der Waals surface area (Å²) in [7, 11) is 0. The van der Waals surface area contributed by atoms with E-state index < -0.39 is 0 Å². The molecule has 0 amide bonds. The summed E-state index contributed by atoms with van der Waals surface area (Å²) in [5.41, 5.74) is 4.18. The predicted molar refractivity (Wildman–Crippen MR) is 106 cm³/mol. The Morgan fingerprint density at radius 2 is 1.72 bits per heavy atom. The van der Waals surface area contributed by atoms with Crippen molar-refractivity contribution in [3.8, 4) is 0 Å². The Bertz CT molecular complexity index is 661. The van der Waals surface area contributed by atoms with Crippen LogP contribution in [0.15, 0.2) is 54.6 Å². The lowest BCUT2D eigenvalue weighted by atomic mass is 9.89. The van der Waals surface area contributed by atoms with Crippen molar-refractivity contribution >= 4 is 18.1 Å². The molecule has 4 rings (SSSR count). The highest BCUT2D eigenvalue weighted by Gasteiger charge is 2.36. The summed E-state index contributed by atoms with van der Waals surface area (Å²) in [6.45, 7) is 5.02. The molecule has 2 fully saturated rings. The van der Waals surface area contributed by atoms with Crippen molar-refractivity contribution in [1.29, 1.82) is 0 Å². The molecule has 2 saturated heterocycles. The molecule has 134 valence electrons. The largest absolute Gasteiger partial charge is 0.372 e. The zero-order valence-electron chi connectivity index (χ0n) is 14.6. The van der Waals surface area contributed by atoms with Crippen LogP contribution in [0.4, 0.5) is 5.69 Å². The lowest BCUT2D eigenvalue weighted by Crippen LogP contribution is -2.55. The zero-order chi connectivity index (χ0) is 16.2. The molecule has 2 aromatic rings. The molecule has 0 aliphatic carbocycles. The van der Waals surface area contributed by atoms with Gasteiger partial charge in [0.05, 0.1) is 12.2 Å². The van der Waals surface area contributed by atoms with E-state index in [-0.39, 0.29) is 18.0 Å². The molecule has 2 aliphatic heterocycles. The van der Waals surface area contributed by atoms with Crippen LogP contribution in [-0.4, -0.2) is 38.4 Å². The SMILES string of the molecule is Cl.c1ccc(Cc2cccc(N3CCC4(CC3)CNCCO4)c2)cc1. The Hall–Kier alpha value is -1.55. The van der Waals surface area contributed by atoms with Gasteiger partial charge in [0.15, 0.2) is 0 Å². The maximum absolute atomic E-state index is 6.10. The summed E-state index contributed by atoms with van der Waals surface area (Å²) in [6.07, 6.45) is 3.23. The maximum Gasteiger partial charge on any atom is 0.0840 e. The van der Waals surface area contributed by atoms with Crippen LogP contribution >= 0.6 is 12.4 Å². The minimum absolute atomic E-state index is 0. The number of hydrogen-bond donors (Lipinski definition) is 1. The number of benzene rings is 2. The van der Waals surface area contributed by atoms with Crippen LogP contribution < -0.4 is 10.2 Å². The molecular formula is C21H27ClN2O. The molecular weight excluding hydrogens is 332 g/mol. The maximum atomic E-state index is 6.10. The Labute approximate surface area is 156 Å². The van der Waals surface area contributed by atoms with Gasteiger partial charge in [-0.2, -0.15) is 0 Å². The van der Waals surface area contributed by atoms with Crippen LogP contribution in [0.5, 0.6) is 0 Å². The molecule has 4 heteroatoms. The smallest absolute Gasteiger partial charge is 0.0840 e. The standard InChI is InChI=1S/C21H26N2O.ClH/c1-2-5-18(6-3-1)15-19-7-4-8-20(16-19)23-12-9-21(10-13-23)17-22-11-14-24-21;/h1-8,16,22H,9-15,17H2;1H. The molecule has 2 aliphatic rings. The first kappa shape index (κ1) is 18.2. The van der Waals surface area contributed by atoms with Gasteiger partial charge in [-0.1, -0.05) is 42.5 Å². The van der Waals surface area contributed by atoms with E-state index in [2.05, 4.69) is 64.8 Å². The van der Waals surface area contributed by atoms with Crippen LogP contribution in [-0.2, 0) is 11.2 Å². The van der Waals surface area contributed by atoms with E-state index in [1.807, 2.05) is 0 Å². The molecule has 25 heavy (non-hydrogen) atoms. The molecule has 2 aromatic carbocycles. The third-order valence-corrected chi connectivity index (χ3v) is 5.34. The van der Waals surface area contributed by atoms with Crippen molar-refractivity contribution in [3.05, 3.63) is 65.7 Å². The van der Waals surface area contributed by atoms with Gasteiger partial charge in [0.1, 0.15) is 0 Å². The van der Waals surface area contributed by atoms with Crippen LogP contribution in [0.25, 0.3) is 0 Å². The monoisotopic (exact) mass is 358 g/mol. The third kappa shape index (κ3) is 4.35. The summed E-state index contributed by atoms with van der Waals surface area (Å²) in [5.74, 6) is 0. The quantitative estimate of drug-likeness (QED) is 0.906. The third-order valence-electron chi connectivity index (χ3n) is 5.34. The number of rotatable bonds is 3. The number of hydrogen-bond acceptors (Lipinski definition) is 3. The van der Waals surface area contributed by atoms with Gasteiger partial charge in [0, 0.05) is 31.9 Å². The molecule has 3 nitrogen and oxygen atoms in total. The second-order valence-electron chi connectivity index (χ2n) is 7.03. The summed E-state index contributed by atoms with van der Waals surface area (Å²) in [4.78, 5) is 2.51. The van der Waals surface area contributed by atoms with Crippen molar-refractivity contribution in [2.24, 2.45) is 0 Å². The number of ether oxygens (including phenoxy) is 1. The fourth-order valence-electron chi connectivity index (χ4n) is 3.90. The Kier molecular flexibility index (Phi) is 6.00. The van der Waals surface area contributed by atoms with E-state index >= 15 is 0 Å². The average molecular weight is 359 g/mol. The normalized spacial score (nSPS) is 19.4. The number of piperidine rings is 1. The molecule has 0 saturated carbocycles. The Morgan fingerprint density at radius 1 is 0.960 bits per heavy atom. The van der Waals surface area contributed by atoms with Crippen molar-refractivity contribution in [2.45, 2.75) is 24.9 Å². The number of anilines is 1. The lowest BCUT2D eigenvalue weighted by molar-refractivity contribution is -0.0799. The molecule has 0 atom stereocenters. The fourth-order valence-corrected chi connectivity index (χ4v) is 3.90. The van der Waals surface area contributed by atoms with E-state index in [1.165, 1.54) is 16.8 Å². The predicted octanol–water partition coefficient (Wildman–Crippen LogP) is 3.66. The van der Waals surface area contributed by atoms with E-state index in [0.29, 0.717) is 0 Å². The highest BCUT2D eigenvalue weighted by Crippen LogP contribution is 2.30. The molecule has 0 bridgehead atoms. The van der Waals surface area contributed by atoms with Crippen molar-refractivity contribution in [3.63, 3.8) is 0 Å². The number of nitrogens with one attached hydrogen (secondary N) is 1. The zero-order valence-corrected chi connectivity index (χ0v) is 15.4. The molecule has 1 spiro atoms. The first-order valence-electron chi connectivity index (χ1n) is 9.06. The van der Waals surface area contributed by atoms with Gasteiger partial charge < -0.3 is 15.0 Å². The van der Waals surface area contributed by atoms with Crippen LogP contribution in [0.2, 0.25) is 0 Å². The molecule has 0 unspecified atom stereocenters. The van der Waals surface area contributed by atoms with Crippen molar-refractivity contribution in [2.75, 3.05) is 37.7 Å². The van der Waals surface area contributed by atoms with Gasteiger partial charge in [-0.3, -0.25) is 0 Å². The Morgan fingerprint density at radius 3 is 2.44 bits per heavy atom. The minimum atomic E-state index is 0. The summed E-state index contributed by atoms with van der Waals surface area (Å²) in [5, 5.41) is 3.49. The average Bonchev–Trinajstić information content (AvgIpc) is 2.64. The molecule has 2 heterocycles. The van der Waals surface area contributed by atoms with Gasteiger partial charge >= 0.3 is 0 Å². The second-order valence-corrected chi connectivity index (χ2v) is 7.03. The van der Waals surface area contributed by atoms with Gasteiger partial charge in [-0.05, 0) is 42.5 Å². The minimum Gasteiger partial charge on any atom is -0.372 e. The van der Waals surface area contributed by atoms with Gasteiger partial charge in [-0.15, -0.1) is 12.4 Å². The van der Waals surface area contributed by atoms with Gasteiger partial charge in [-0.25, -0.2) is 0 Å². The highest BCUT2D eigenvalue weighted by atomic mass is 35.5. The Balaban J connectivity index is 0.00000182. The van der Waals surface area contributed by atoms with Crippen LogP contribution in [0.3, 0.4) is 0 Å². The van der Waals surface area contributed by atoms with Gasteiger partial charge in [0.2, 0.25) is 0 Å². The number of halogens is 1. The first-order chi connectivity index (χ1) is 11.8. The van der Waals surface area contributed by atoms with E-state index in [4.69, 9.17) is 4.74 Å². The molecule has 0 radical (unpaired) electrons. The van der Waals surface area contributed by atoms with Gasteiger partial charge in [0.25, 0.3) is 0 Å². The fraction of sp³-hybridized carbons (Fsp3) is 0.429. The number of nitrogens with zero attached hydrogens (tertiary/aromatic N) is 1. The van der Waals surface area contributed by atoms with Crippen molar-refractivity contribution in [1.82, 2.24) is 5.32 Å². The summed E-state index contributed by atoms with van der Waals surface area (Å²) < 4.78 is 6.10.